The van der Waals surface area contributed by atoms with Gasteiger partial charge in [0.25, 0.3) is 0 Å². The van der Waals surface area contributed by atoms with Gasteiger partial charge in [-0.1, -0.05) is 60.7 Å². The Labute approximate surface area is 214 Å². The van der Waals surface area contributed by atoms with Gasteiger partial charge in [0.1, 0.15) is 11.4 Å². The fourth-order valence-electron chi connectivity index (χ4n) is 5.98. The summed E-state index contributed by atoms with van der Waals surface area (Å²) < 4.78 is 5.55. The smallest absolute Gasteiger partial charge is 0.410 e. The molecule has 0 aromatic heterocycles. The first-order valence-corrected chi connectivity index (χ1v) is 13.2. The molecule has 2 aliphatic rings. The van der Waals surface area contributed by atoms with E-state index in [9.17, 15) is 9.90 Å². The highest BCUT2D eigenvalue weighted by atomic mass is 16.6. The van der Waals surface area contributed by atoms with Crippen molar-refractivity contribution in [2.75, 3.05) is 13.1 Å². The summed E-state index contributed by atoms with van der Waals surface area (Å²) in [6.45, 7) is 7.20. The Hall–Kier alpha value is -3.27. The molecule has 0 radical (unpaired) electrons. The maximum atomic E-state index is 12.4. The highest BCUT2D eigenvalue weighted by Gasteiger charge is 2.33. The number of amides is 1. The SMILES string of the molecule is CC(C)(C)OC(=O)N1CCC(c2ccc([C@@H]3c4ccc(O)cc4CCC3c3ccccc3)cc2)CC1. The van der Waals surface area contributed by atoms with Crippen molar-refractivity contribution in [1.82, 2.24) is 4.90 Å². The molecule has 1 unspecified atom stereocenters. The number of ether oxygens (including phenoxy) is 1. The molecule has 1 saturated heterocycles. The summed E-state index contributed by atoms with van der Waals surface area (Å²) in [4.78, 5) is 14.3. The molecule has 0 spiro atoms. The quantitative estimate of drug-likeness (QED) is 0.423. The maximum Gasteiger partial charge on any atom is 0.410 e. The van der Waals surface area contributed by atoms with Crippen LogP contribution in [0.1, 0.15) is 85.6 Å². The van der Waals surface area contributed by atoms with E-state index in [-0.39, 0.29) is 12.0 Å². The van der Waals surface area contributed by atoms with Crippen LogP contribution >= 0.6 is 0 Å². The number of carbonyl (C=O) groups is 1. The Bertz CT molecular complexity index is 1190. The number of piperidine rings is 1. The summed E-state index contributed by atoms with van der Waals surface area (Å²) >= 11 is 0. The van der Waals surface area contributed by atoms with Crippen molar-refractivity contribution in [2.45, 2.75) is 69.8 Å². The van der Waals surface area contributed by atoms with Crippen LogP contribution in [0.15, 0.2) is 72.8 Å². The molecule has 4 nitrogen and oxygen atoms in total. The summed E-state index contributed by atoms with van der Waals surface area (Å²) in [5.74, 6) is 1.47. The van der Waals surface area contributed by atoms with Crippen molar-refractivity contribution >= 4 is 6.09 Å². The van der Waals surface area contributed by atoms with Crippen LogP contribution in [0.2, 0.25) is 0 Å². The second-order valence-electron chi connectivity index (χ2n) is 11.3. The van der Waals surface area contributed by atoms with Gasteiger partial charge >= 0.3 is 6.09 Å². The zero-order valence-electron chi connectivity index (χ0n) is 21.6. The van der Waals surface area contributed by atoms with Crippen LogP contribution in [0.25, 0.3) is 0 Å². The maximum absolute atomic E-state index is 12.4. The largest absolute Gasteiger partial charge is 0.508 e. The number of phenols is 1. The number of aromatic hydroxyl groups is 1. The molecule has 36 heavy (non-hydrogen) atoms. The molecular weight excluding hydrogens is 446 g/mol. The Kier molecular flexibility index (Phi) is 6.79. The van der Waals surface area contributed by atoms with E-state index < -0.39 is 5.60 Å². The molecule has 2 atom stereocenters. The first kappa shape index (κ1) is 24.4. The number of likely N-dealkylation sites (tertiary alicyclic amines) is 1. The monoisotopic (exact) mass is 483 g/mol. The standard InChI is InChI=1S/C32H37NO3/c1-32(2,3)36-31(35)33-19-17-23(18-20-33)22-9-11-25(12-10-22)30-28(24-7-5-4-6-8-24)15-13-26-21-27(34)14-16-29(26)30/h4-12,14,16,21,23,28,30,34H,13,15,17-20H2,1-3H3/t28?,30-/m0/s1. The van der Waals surface area contributed by atoms with Crippen molar-refractivity contribution in [3.63, 3.8) is 0 Å². The summed E-state index contributed by atoms with van der Waals surface area (Å²) in [6, 6.07) is 25.9. The van der Waals surface area contributed by atoms with Gasteiger partial charge in [-0.05, 0) is 98.2 Å². The van der Waals surface area contributed by atoms with E-state index in [4.69, 9.17) is 4.74 Å². The lowest BCUT2D eigenvalue weighted by Gasteiger charge is -2.35. The number of fused-ring (bicyclic) bond motifs is 1. The van der Waals surface area contributed by atoms with Crippen LogP contribution in [-0.2, 0) is 11.2 Å². The predicted molar refractivity (Wildman–Crippen MR) is 144 cm³/mol. The van der Waals surface area contributed by atoms with Crippen LogP contribution in [0, 0.1) is 0 Å². The van der Waals surface area contributed by atoms with Crippen LogP contribution in [-0.4, -0.2) is 34.8 Å². The number of aryl methyl sites for hydroxylation is 1. The lowest BCUT2D eigenvalue weighted by Crippen LogP contribution is -2.41. The van der Waals surface area contributed by atoms with Crippen molar-refractivity contribution < 1.29 is 14.6 Å². The van der Waals surface area contributed by atoms with Crippen LogP contribution in [0.3, 0.4) is 0 Å². The van der Waals surface area contributed by atoms with Gasteiger partial charge in [0, 0.05) is 19.0 Å². The molecule has 1 amide bonds. The van der Waals surface area contributed by atoms with Crippen LogP contribution in [0.4, 0.5) is 4.79 Å². The number of benzene rings is 3. The molecular formula is C32H37NO3. The molecule has 188 valence electrons. The molecule has 4 heteroatoms. The van der Waals surface area contributed by atoms with Gasteiger partial charge in [0.2, 0.25) is 0 Å². The average molecular weight is 484 g/mol. The van der Waals surface area contributed by atoms with Crippen molar-refractivity contribution in [3.05, 3.63) is 101 Å². The third-order valence-electron chi connectivity index (χ3n) is 7.73. The van der Waals surface area contributed by atoms with Crippen LogP contribution < -0.4 is 0 Å². The Morgan fingerprint density at radius 1 is 0.861 bits per heavy atom. The number of rotatable bonds is 3. The number of hydrogen-bond donors (Lipinski definition) is 1. The van der Waals surface area contributed by atoms with E-state index in [0.29, 0.717) is 17.6 Å². The molecule has 1 heterocycles. The summed E-state index contributed by atoms with van der Waals surface area (Å²) in [5, 5.41) is 10.1. The van der Waals surface area contributed by atoms with E-state index in [2.05, 4.69) is 60.7 Å². The van der Waals surface area contributed by atoms with Gasteiger partial charge in [-0.2, -0.15) is 0 Å². The molecule has 0 saturated carbocycles. The summed E-state index contributed by atoms with van der Waals surface area (Å²) in [5.41, 5.74) is 6.17. The van der Waals surface area contributed by atoms with Crippen molar-refractivity contribution in [1.29, 1.82) is 0 Å². The number of nitrogens with zero attached hydrogens (tertiary/aromatic N) is 1. The molecule has 1 aliphatic carbocycles. The van der Waals surface area contributed by atoms with E-state index in [1.54, 1.807) is 0 Å². The molecule has 1 fully saturated rings. The van der Waals surface area contributed by atoms with E-state index >= 15 is 0 Å². The van der Waals surface area contributed by atoms with E-state index in [1.807, 2.05) is 37.8 Å². The topological polar surface area (TPSA) is 49.8 Å². The highest BCUT2D eigenvalue weighted by Crippen LogP contribution is 2.47. The van der Waals surface area contributed by atoms with Gasteiger partial charge in [0.05, 0.1) is 0 Å². The zero-order chi connectivity index (χ0) is 25.3. The van der Waals surface area contributed by atoms with Gasteiger partial charge in [0.15, 0.2) is 0 Å². The second-order valence-corrected chi connectivity index (χ2v) is 11.3. The van der Waals surface area contributed by atoms with E-state index in [0.717, 1.165) is 38.8 Å². The third kappa shape index (κ3) is 5.28. The minimum atomic E-state index is -0.460. The molecule has 1 N–H and O–H groups in total. The number of phenolic OH excluding ortho intramolecular Hbond substituents is 1. The minimum Gasteiger partial charge on any atom is -0.508 e. The fourth-order valence-corrected chi connectivity index (χ4v) is 5.98. The predicted octanol–water partition coefficient (Wildman–Crippen LogP) is 7.37. The van der Waals surface area contributed by atoms with Gasteiger partial charge in [-0.15, -0.1) is 0 Å². The fraction of sp³-hybridized carbons (Fsp3) is 0.406. The second kappa shape index (κ2) is 10.0. The molecule has 1 aliphatic heterocycles. The number of carbonyl (C=O) groups excluding carboxylic acids is 1. The molecule has 3 aromatic rings. The lowest BCUT2D eigenvalue weighted by molar-refractivity contribution is 0.0205. The molecule has 3 aromatic carbocycles. The van der Waals surface area contributed by atoms with Crippen molar-refractivity contribution in [3.8, 4) is 5.75 Å². The highest BCUT2D eigenvalue weighted by molar-refractivity contribution is 5.68. The molecule has 0 bridgehead atoms. The normalized spacial score (nSPS) is 20.6. The lowest BCUT2D eigenvalue weighted by atomic mass is 9.69. The number of hydrogen-bond acceptors (Lipinski definition) is 3. The summed E-state index contributed by atoms with van der Waals surface area (Å²) in [6.07, 6.45) is 3.75. The Morgan fingerprint density at radius 3 is 2.19 bits per heavy atom. The zero-order valence-corrected chi connectivity index (χ0v) is 21.6. The Morgan fingerprint density at radius 2 is 1.53 bits per heavy atom. The Balaban J connectivity index is 1.35. The average Bonchev–Trinajstić information content (AvgIpc) is 2.87. The summed E-state index contributed by atoms with van der Waals surface area (Å²) in [7, 11) is 0. The van der Waals surface area contributed by atoms with Crippen molar-refractivity contribution in [2.24, 2.45) is 0 Å². The first-order valence-electron chi connectivity index (χ1n) is 13.2. The molecule has 5 rings (SSSR count). The first-order chi connectivity index (χ1) is 17.3. The third-order valence-corrected chi connectivity index (χ3v) is 7.73. The van der Waals surface area contributed by atoms with Gasteiger partial charge in [-0.3, -0.25) is 0 Å². The minimum absolute atomic E-state index is 0.203. The van der Waals surface area contributed by atoms with Gasteiger partial charge in [-0.25, -0.2) is 4.79 Å². The van der Waals surface area contributed by atoms with Crippen LogP contribution in [0.5, 0.6) is 5.75 Å². The van der Waals surface area contributed by atoms with Gasteiger partial charge < -0.3 is 14.7 Å². The van der Waals surface area contributed by atoms with E-state index in [1.165, 1.54) is 27.8 Å².